The molecule has 1 atom stereocenters. The molecular formula is C14H22ClN3. The smallest absolute Gasteiger partial charge is 0.124 e. The summed E-state index contributed by atoms with van der Waals surface area (Å²) in [5, 5.41) is 8.30. The monoisotopic (exact) mass is 267 g/mol. The third-order valence-electron chi connectivity index (χ3n) is 3.10. The number of anilines is 1. The van der Waals surface area contributed by atoms with E-state index in [2.05, 4.69) is 25.7 Å². The van der Waals surface area contributed by atoms with Crippen molar-refractivity contribution in [1.82, 2.24) is 0 Å². The summed E-state index contributed by atoms with van der Waals surface area (Å²) in [6.45, 7) is 6.58. The lowest BCUT2D eigenvalue weighted by molar-refractivity contribution is 0.504. The van der Waals surface area contributed by atoms with Crippen molar-refractivity contribution in [1.29, 1.82) is 5.41 Å². The number of hydrogen-bond donors (Lipinski definition) is 2. The van der Waals surface area contributed by atoms with Crippen LogP contribution in [0.4, 0.5) is 5.69 Å². The summed E-state index contributed by atoms with van der Waals surface area (Å²) in [4.78, 5) is 2.14. The molecule has 3 N–H and O–H groups in total. The number of benzene rings is 1. The topological polar surface area (TPSA) is 53.1 Å². The average molecular weight is 268 g/mol. The molecule has 0 bridgehead atoms. The van der Waals surface area contributed by atoms with Crippen molar-refractivity contribution in [3.8, 4) is 0 Å². The first-order valence-electron chi connectivity index (χ1n) is 6.19. The van der Waals surface area contributed by atoms with Crippen LogP contribution in [0.25, 0.3) is 0 Å². The molecule has 0 saturated heterocycles. The Morgan fingerprint density at radius 2 is 2.00 bits per heavy atom. The van der Waals surface area contributed by atoms with Gasteiger partial charge in [-0.25, -0.2) is 0 Å². The van der Waals surface area contributed by atoms with Crippen LogP contribution in [0.15, 0.2) is 18.2 Å². The summed E-state index contributed by atoms with van der Waals surface area (Å²) in [6, 6.07) is 5.82. The van der Waals surface area contributed by atoms with Gasteiger partial charge in [0.25, 0.3) is 0 Å². The Balaban J connectivity index is 3.06. The Morgan fingerprint density at radius 3 is 2.50 bits per heavy atom. The molecule has 1 unspecified atom stereocenters. The van der Waals surface area contributed by atoms with Gasteiger partial charge in [-0.05, 0) is 37.5 Å². The van der Waals surface area contributed by atoms with Gasteiger partial charge in [-0.2, -0.15) is 0 Å². The summed E-state index contributed by atoms with van der Waals surface area (Å²) in [6.07, 6.45) is 1.08. The largest absolute Gasteiger partial charge is 0.384 e. The molecule has 100 valence electrons. The van der Waals surface area contributed by atoms with Crippen LogP contribution in [0.2, 0.25) is 5.02 Å². The van der Waals surface area contributed by atoms with Crippen LogP contribution in [-0.2, 0) is 0 Å². The first kappa shape index (κ1) is 14.8. The highest BCUT2D eigenvalue weighted by molar-refractivity contribution is 6.31. The van der Waals surface area contributed by atoms with Crippen LogP contribution < -0.4 is 10.6 Å². The highest BCUT2D eigenvalue weighted by Gasteiger charge is 2.16. The van der Waals surface area contributed by atoms with Crippen molar-refractivity contribution in [2.75, 3.05) is 11.9 Å². The molecule has 1 aromatic rings. The van der Waals surface area contributed by atoms with Gasteiger partial charge in [0, 0.05) is 29.4 Å². The predicted molar refractivity (Wildman–Crippen MR) is 79.8 cm³/mol. The van der Waals surface area contributed by atoms with Crippen molar-refractivity contribution in [2.45, 2.75) is 33.2 Å². The zero-order valence-electron chi connectivity index (χ0n) is 11.5. The van der Waals surface area contributed by atoms with E-state index in [1.807, 2.05) is 13.1 Å². The molecule has 18 heavy (non-hydrogen) atoms. The van der Waals surface area contributed by atoms with Crippen molar-refractivity contribution < 1.29 is 0 Å². The van der Waals surface area contributed by atoms with Gasteiger partial charge >= 0.3 is 0 Å². The zero-order valence-corrected chi connectivity index (χ0v) is 12.3. The quantitative estimate of drug-likeness (QED) is 0.634. The Morgan fingerprint density at radius 1 is 1.39 bits per heavy atom. The molecule has 0 fully saturated rings. The fraction of sp³-hybridized carbons (Fsp3) is 0.500. The molecule has 0 aliphatic heterocycles. The highest BCUT2D eigenvalue weighted by Crippen LogP contribution is 2.26. The average Bonchev–Trinajstić information content (AvgIpc) is 2.26. The standard InChI is InChI=1S/C14H22ClN3/c1-9(2)7-10(3)18(4)13-8-11(15)5-6-12(13)14(16)17/h5-6,8-10H,7H2,1-4H3,(H3,16,17). The number of halogens is 1. The SMILES string of the molecule is CC(C)CC(C)N(C)c1cc(Cl)ccc1C(=N)N. The fourth-order valence-corrected chi connectivity index (χ4v) is 2.27. The number of hydrogen-bond acceptors (Lipinski definition) is 2. The molecule has 0 amide bonds. The first-order chi connectivity index (χ1) is 8.32. The molecule has 1 aromatic carbocycles. The third-order valence-corrected chi connectivity index (χ3v) is 3.34. The number of rotatable bonds is 5. The first-order valence-corrected chi connectivity index (χ1v) is 6.57. The lowest BCUT2D eigenvalue weighted by atomic mass is 10.0. The van der Waals surface area contributed by atoms with E-state index in [1.54, 1.807) is 12.1 Å². The van der Waals surface area contributed by atoms with Crippen molar-refractivity contribution in [3.63, 3.8) is 0 Å². The van der Waals surface area contributed by atoms with Gasteiger partial charge < -0.3 is 10.6 Å². The number of nitrogens with two attached hydrogens (primary N) is 1. The summed E-state index contributed by atoms with van der Waals surface area (Å²) in [5.74, 6) is 0.702. The molecule has 0 aliphatic carbocycles. The Labute approximate surface area is 114 Å². The second-order valence-electron chi connectivity index (χ2n) is 5.16. The predicted octanol–water partition coefficient (Wildman–Crippen LogP) is 3.49. The normalized spacial score (nSPS) is 12.6. The highest BCUT2D eigenvalue weighted by atomic mass is 35.5. The zero-order chi connectivity index (χ0) is 13.9. The number of nitrogen functional groups attached to an aromatic ring is 1. The van der Waals surface area contributed by atoms with Gasteiger partial charge in [0.15, 0.2) is 0 Å². The van der Waals surface area contributed by atoms with Crippen LogP contribution in [0, 0.1) is 11.3 Å². The van der Waals surface area contributed by atoms with E-state index < -0.39 is 0 Å². The number of nitrogens with one attached hydrogen (secondary N) is 1. The molecule has 0 radical (unpaired) electrons. The van der Waals surface area contributed by atoms with Gasteiger partial charge in [0.1, 0.15) is 5.84 Å². The second kappa shape index (κ2) is 6.10. The third kappa shape index (κ3) is 3.64. The van der Waals surface area contributed by atoms with Crippen molar-refractivity contribution in [3.05, 3.63) is 28.8 Å². The minimum atomic E-state index is 0.0743. The van der Waals surface area contributed by atoms with Crippen LogP contribution in [0.3, 0.4) is 0 Å². The molecule has 0 spiro atoms. The fourth-order valence-electron chi connectivity index (χ4n) is 2.10. The minimum absolute atomic E-state index is 0.0743. The summed E-state index contributed by atoms with van der Waals surface area (Å²) >= 11 is 6.04. The van der Waals surface area contributed by atoms with E-state index in [4.69, 9.17) is 22.7 Å². The molecule has 0 heterocycles. The van der Waals surface area contributed by atoms with E-state index in [-0.39, 0.29) is 5.84 Å². The maximum absolute atomic E-state index is 7.63. The number of nitrogens with zero attached hydrogens (tertiary/aromatic N) is 1. The van der Waals surface area contributed by atoms with Crippen LogP contribution in [-0.4, -0.2) is 18.9 Å². The van der Waals surface area contributed by atoms with E-state index in [0.29, 0.717) is 17.0 Å². The summed E-state index contributed by atoms with van der Waals surface area (Å²) in [7, 11) is 2.02. The van der Waals surface area contributed by atoms with E-state index >= 15 is 0 Å². The molecule has 4 heteroatoms. The van der Waals surface area contributed by atoms with Gasteiger partial charge in [-0.15, -0.1) is 0 Å². The molecule has 0 saturated carbocycles. The molecule has 0 aliphatic rings. The lowest BCUT2D eigenvalue weighted by Crippen LogP contribution is -2.32. The van der Waals surface area contributed by atoms with E-state index in [9.17, 15) is 0 Å². The van der Waals surface area contributed by atoms with Crippen LogP contribution in [0.1, 0.15) is 32.8 Å². The minimum Gasteiger partial charge on any atom is -0.384 e. The summed E-state index contributed by atoms with van der Waals surface area (Å²) in [5.41, 5.74) is 7.27. The van der Waals surface area contributed by atoms with Gasteiger partial charge in [-0.3, -0.25) is 5.41 Å². The van der Waals surface area contributed by atoms with E-state index in [0.717, 1.165) is 17.7 Å². The Hall–Kier alpha value is -1.22. The molecule has 1 rings (SSSR count). The molecule has 3 nitrogen and oxygen atoms in total. The van der Waals surface area contributed by atoms with Crippen LogP contribution in [0.5, 0.6) is 0 Å². The lowest BCUT2D eigenvalue weighted by Gasteiger charge is -2.30. The van der Waals surface area contributed by atoms with Gasteiger partial charge in [0.2, 0.25) is 0 Å². The van der Waals surface area contributed by atoms with Crippen molar-refractivity contribution >= 4 is 23.1 Å². The Bertz CT molecular complexity index is 429. The van der Waals surface area contributed by atoms with E-state index in [1.165, 1.54) is 0 Å². The molecule has 0 aromatic heterocycles. The van der Waals surface area contributed by atoms with Gasteiger partial charge in [-0.1, -0.05) is 25.4 Å². The van der Waals surface area contributed by atoms with Crippen molar-refractivity contribution in [2.24, 2.45) is 11.7 Å². The maximum atomic E-state index is 7.63. The second-order valence-corrected chi connectivity index (χ2v) is 5.60. The number of amidine groups is 1. The summed E-state index contributed by atoms with van der Waals surface area (Å²) < 4.78 is 0. The van der Waals surface area contributed by atoms with Crippen LogP contribution >= 0.6 is 11.6 Å². The Kier molecular flexibility index (Phi) is 5.03. The molecular weight excluding hydrogens is 246 g/mol. The van der Waals surface area contributed by atoms with Gasteiger partial charge in [0.05, 0.1) is 0 Å². The maximum Gasteiger partial charge on any atom is 0.124 e.